The normalized spacial score (nSPS) is 23.7. The van der Waals surface area contributed by atoms with Crippen molar-refractivity contribution in [2.75, 3.05) is 6.54 Å². The number of likely N-dealkylation sites (tertiary alicyclic amines) is 1. The Balaban J connectivity index is 1.48. The topological polar surface area (TPSA) is 38.1 Å². The Morgan fingerprint density at radius 3 is 3.00 bits per heavy atom. The third kappa shape index (κ3) is 3.02. The fourth-order valence-electron chi connectivity index (χ4n) is 3.61. The van der Waals surface area contributed by atoms with Crippen molar-refractivity contribution < 1.29 is 4.79 Å². The Labute approximate surface area is 140 Å². The van der Waals surface area contributed by atoms with Crippen LogP contribution in [0.4, 0.5) is 0 Å². The molecule has 3 heterocycles. The second kappa shape index (κ2) is 6.40. The summed E-state index contributed by atoms with van der Waals surface area (Å²) in [5.74, 6) is 0.308. The van der Waals surface area contributed by atoms with Gasteiger partial charge in [-0.15, -0.1) is 11.8 Å². The van der Waals surface area contributed by atoms with Gasteiger partial charge in [0.15, 0.2) is 0 Å². The molecule has 120 valence electrons. The lowest BCUT2D eigenvalue weighted by molar-refractivity contribution is -0.134. The zero-order valence-electron chi connectivity index (χ0n) is 13.1. The van der Waals surface area contributed by atoms with Gasteiger partial charge in [0.05, 0.1) is 17.8 Å². The van der Waals surface area contributed by atoms with E-state index in [4.69, 9.17) is 0 Å². The van der Waals surface area contributed by atoms with Crippen LogP contribution in [0.25, 0.3) is 0 Å². The average molecular weight is 327 g/mol. The monoisotopic (exact) mass is 327 g/mol. The van der Waals surface area contributed by atoms with Crippen molar-refractivity contribution in [3.8, 4) is 0 Å². The predicted molar refractivity (Wildman–Crippen MR) is 91.4 cm³/mol. The molecule has 2 aliphatic heterocycles. The Bertz CT molecular complexity index is 660. The molecule has 4 rings (SSSR count). The molecule has 0 spiro atoms. The van der Waals surface area contributed by atoms with Crippen molar-refractivity contribution >= 4 is 17.7 Å². The lowest BCUT2D eigenvalue weighted by Gasteiger charge is -2.37. The van der Waals surface area contributed by atoms with Crippen molar-refractivity contribution in [3.63, 3.8) is 0 Å². The number of nitrogens with zero attached hydrogens (tertiary/aromatic N) is 3. The standard InChI is InChI=1S/C18H21N3OS/c22-18(17-12-14-6-1-2-8-16(14)23-17)21-11-4-3-7-15(21)13-20-10-5-9-19-20/h1-2,5-6,8-10,15,17H,3-4,7,11-13H2/t15-,17+/m1/s1. The lowest BCUT2D eigenvalue weighted by atomic mass is 10.0. The van der Waals surface area contributed by atoms with Crippen molar-refractivity contribution in [1.82, 2.24) is 14.7 Å². The van der Waals surface area contributed by atoms with E-state index in [0.717, 1.165) is 32.4 Å². The third-order valence-corrected chi connectivity index (χ3v) is 6.09. The number of hydrogen-bond acceptors (Lipinski definition) is 3. The van der Waals surface area contributed by atoms with E-state index in [1.165, 1.54) is 16.9 Å². The number of aromatic nitrogens is 2. The Morgan fingerprint density at radius 2 is 2.17 bits per heavy atom. The summed E-state index contributed by atoms with van der Waals surface area (Å²) in [6.45, 7) is 1.70. The van der Waals surface area contributed by atoms with Crippen LogP contribution in [-0.4, -0.2) is 38.4 Å². The van der Waals surface area contributed by atoms with Crippen LogP contribution < -0.4 is 0 Å². The van der Waals surface area contributed by atoms with Gasteiger partial charge in [0, 0.05) is 23.8 Å². The van der Waals surface area contributed by atoms with Gasteiger partial charge in [-0.1, -0.05) is 18.2 Å². The molecule has 2 aliphatic rings. The highest BCUT2D eigenvalue weighted by molar-refractivity contribution is 8.01. The number of carbonyl (C=O) groups is 1. The maximum Gasteiger partial charge on any atom is 0.236 e. The largest absolute Gasteiger partial charge is 0.337 e. The number of thioether (sulfide) groups is 1. The van der Waals surface area contributed by atoms with Crippen LogP contribution in [0.3, 0.4) is 0 Å². The molecular formula is C18H21N3OS. The molecular weight excluding hydrogens is 306 g/mol. The minimum Gasteiger partial charge on any atom is -0.337 e. The number of fused-ring (bicyclic) bond motifs is 1. The molecule has 0 aliphatic carbocycles. The third-order valence-electron chi connectivity index (χ3n) is 4.79. The van der Waals surface area contributed by atoms with E-state index < -0.39 is 0 Å². The molecule has 1 aromatic heterocycles. The van der Waals surface area contributed by atoms with Crippen LogP contribution in [-0.2, 0) is 17.8 Å². The number of amides is 1. The average Bonchev–Trinajstić information content (AvgIpc) is 3.23. The summed E-state index contributed by atoms with van der Waals surface area (Å²) in [5.41, 5.74) is 1.32. The first-order valence-corrected chi connectivity index (χ1v) is 9.22. The first kappa shape index (κ1) is 14.8. The number of hydrogen-bond donors (Lipinski definition) is 0. The fraction of sp³-hybridized carbons (Fsp3) is 0.444. The van der Waals surface area contributed by atoms with Crippen LogP contribution in [0.15, 0.2) is 47.6 Å². The molecule has 0 radical (unpaired) electrons. The molecule has 1 fully saturated rings. The number of piperidine rings is 1. The van der Waals surface area contributed by atoms with Gasteiger partial charge in [0.2, 0.25) is 5.91 Å². The molecule has 1 saturated heterocycles. The Hall–Kier alpha value is -1.75. The molecule has 2 atom stereocenters. The van der Waals surface area contributed by atoms with E-state index in [0.29, 0.717) is 5.91 Å². The van der Waals surface area contributed by atoms with Crippen molar-refractivity contribution in [2.45, 2.75) is 48.4 Å². The van der Waals surface area contributed by atoms with E-state index in [-0.39, 0.29) is 11.3 Å². The highest BCUT2D eigenvalue weighted by Crippen LogP contribution is 2.38. The first-order valence-electron chi connectivity index (χ1n) is 8.34. The van der Waals surface area contributed by atoms with Gasteiger partial charge in [0.25, 0.3) is 0 Å². The van der Waals surface area contributed by atoms with Gasteiger partial charge in [-0.05, 0) is 43.4 Å². The second-order valence-corrected chi connectivity index (χ2v) is 7.57. The summed E-state index contributed by atoms with van der Waals surface area (Å²) in [7, 11) is 0. The molecule has 23 heavy (non-hydrogen) atoms. The van der Waals surface area contributed by atoms with Crippen molar-refractivity contribution in [3.05, 3.63) is 48.3 Å². The quantitative estimate of drug-likeness (QED) is 0.870. The molecule has 0 N–H and O–H groups in total. The molecule has 1 aromatic carbocycles. The summed E-state index contributed by atoms with van der Waals surface area (Å²) in [6, 6.07) is 10.6. The van der Waals surface area contributed by atoms with Gasteiger partial charge in [-0.25, -0.2) is 0 Å². The maximum absolute atomic E-state index is 13.1. The molecule has 1 amide bonds. The van der Waals surface area contributed by atoms with E-state index in [1.54, 1.807) is 18.0 Å². The molecule has 0 saturated carbocycles. The van der Waals surface area contributed by atoms with Crippen LogP contribution in [0, 0.1) is 0 Å². The van der Waals surface area contributed by atoms with Crippen LogP contribution in [0.2, 0.25) is 0 Å². The smallest absolute Gasteiger partial charge is 0.236 e. The van der Waals surface area contributed by atoms with Gasteiger partial charge in [-0.3, -0.25) is 9.48 Å². The van der Waals surface area contributed by atoms with Crippen LogP contribution in [0.5, 0.6) is 0 Å². The maximum atomic E-state index is 13.1. The molecule has 0 unspecified atom stereocenters. The van der Waals surface area contributed by atoms with E-state index in [2.05, 4.69) is 34.3 Å². The van der Waals surface area contributed by atoms with Gasteiger partial charge in [-0.2, -0.15) is 5.10 Å². The van der Waals surface area contributed by atoms with Gasteiger partial charge in [0.1, 0.15) is 0 Å². The summed E-state index contributed by atoms with van der Waals surface area (Å²) >= 11 is 1.73. The Kier molecular flexibility index (Phi) is 4.12. The zero-order chi connectivity index (χ0) is 15.6. The summed E-state index contributed by atoms with van der Waals surface area (Å²) in [6.07, 6.45) is 8.05. The molecule has 2 aromatic rings. The first-order chi connectivity index (χ1) is 11.3. The Morgan fingerprint density at radius 1 is 1.26 bits per heavy atom. The minimum atomic E-state index is 0.0469. The number of carbonyl (C=O) groups excluding carboxylic acids is 1. The van der Waals surface area contributed by atoms with Gasteiger partial charge < -0.3 is 4.90 Å². The summed E-state index contributed by atoms with van der Waals surface area (Å²) in [5, 5.41) is 4.35. The second-order valence-electron chi connectivity index (χ2n) is 6.33. The van der Waals surface area contributed by atoms with Crippen LogP contribution in [0.1, 0.15) is 24.8 Å². The SMILES string of the molecule is O=C([C@@H]1Cc2ccccc2S1)N1CCCC[C@@H]1Cn1cccn1. The van der Waals surface area contributed by atoms with Gasteiger partial charge >= 0.3 is 0 Å². The number of rotatable bonds is 3. The predicted octanol–water partition coefficient (Wildman–Crippen LogP) is 2.98. The highest BCUT2D eigenvalue weighted by atomic mass is 32.2. The molecule has 0 bridgehead atoms. The van der Waals surface area contributed by atoms with E-state index in [1.807, 2.05) is 16.9 Å². The minimum absolute atomic E-state index is 0.0469. The summed E-state index contributed by atoms with van der Waals surface area (Å²) in [4.78, 5) is 16.5. The van der Waals surface area contributed by atoms with Crippen molar-refractivity contribution in [1.29, 1.82) is 0 Å². The highest BCUT2D eigenvalue weighted by Gasteiger charge is 2.35. The molecule has 5 heteroatoms. The molecule has 4 nitrogen and oxygen atoms in total. The van der Waals surface area contributed by atoms with Crippen LogP contribution >= 0.6 is 11.8 Å². The van der Waals surface area contributed by atoms with Crippen molar-refractivity contribution in [2.24, 2.45) is 0 Å². The zero-order valence-corrected chi connectivity index (χ0v) is 13.9. The van der Waals surface area contributed by atoms with E-state index >= 15 is 0 Å². The fourth-order valence-corrected chi connectivity index (χ4v) is 4.88. The number of benzene rings is 1. The summed E-state index contributed by atoms with van der Waals surface area (Å²) < 4.78 is 1.95. The lowest BCUT2D eigenvalue weighted by Crippen LogP contribution is -2.49. The van der Waals surface area contributed by atoms with E-state index in [9.17, 15) is 4.79 Å².